The Morgan fingerprint density at radius 1 is 0.932 bits per heavy atom. The van der Waals surface area contributed by atoms with E-state index in [4.69, 9.17) is 9.15 Å². The number of allylic oxidation sites excluding steroid dienone is 2. The summed E-state index contributed by atoms with van der Waals surface area (Å²) in [7, 11) is 0. The van der Waals surface area contributed by atoms with Gasteiger partial charge in [0.15, 0.2) is 0 Å². The highest BCUT2D eigenvalue weighted by Crippen LogP contribution is 2.52. The zero-order valence-corrected chi connectivity index (χ0v) is 26.1. The molecule has 2 atom stereocenters. The molecule has 2 N–H and O–H groups in total. The number of carbonyl (C=O) groups is 4. The molecule has 1 saturated heterocycles. The Morgan fingerprint density at radius 3 is 2.25 bits per heavy atom. The van der Waals surface area contributed by atoms with Gasteiger partial charge in [-0.25, -0.2) is 4.79 Å². The lowest BCUT2D eigenvalue weighted by atomic mass is 10.1. The number of hydrogen-bond donors (Lipinski definition) is 2. The van der Waals surface area contributed by atoms with E-state index in [1.165, 1.54) is 28.7 Å². The maximum Gasteiger partial charge on any atom is 0.407 e. The third-order valence-electron chi connectivity index (χ3n) is 9.08. The highest BCUT2D eigenvalue weighted by Gasteiger charge is 2.49. The summed E-state index contributed by atoms with van der Waals surface area (Å²) in [4.78, 5) is 51.4. The van der Waals surface area contributed by atoms with Gasteiger partial charge in [-0.2, -0.15) is 0 Å². The third kappa shape index (κ3) is 10.6. The lowest BCUT2D eigenvalue weighted by molar-refractivity contribution is -0.133. The summed E-state index contributed by atoms with van der Waals surface area (Å²) < 4.78 is 11.3. The zero-order chi connectivity index (χ0) is 31.1. The average molecular weight is 611 g/mol. The topological polar surface area (TPSA) is 121 Å². The van der Waals surface area contributed by atoms with E-state index >= 15 is 0 Å². The molecular formula is C34H50N4O6. The van der Waals surface area contributed by atoms with Crippen LogP contribution in [0.1, 0.15) is 82.8 Å². The number of unbranched alkanes of at least 4 members (excludes halogenated alkanes) is 6. The van der Waals surface area contributed by atoms with Crippen molar-refractivity contribution in [2.75, 3.05) is 44.2 Å². The van der Waals surface area contributed by atoms with Crippen LogP contribution >= 0.6 is 0 Å². The van der Waals surface area contributed by atoms with Gasteiger partial charge in [-0.3, -0.25) is 19.3 Å². The number of alkyl carbamates (subject to hydrolysis) is 1. The van der Waals surface area contributed by atoms with Crippen LogP contribution in [0.2, 0.25) is 0 Å². The van der Waals surface area contributed by atoms with Gasteiger partial charge in [-0.05, 0) is 68.4 Å². The molecule has 1 aromatic heterocycles. The van der Waals surface area contributed by atoms with Crippen molar-refractivity contribution < 1.29 is 28.3 Å². The molecule has 4 rings (SSSR count). The fourth-order valence-corrected chi connectivity index (χ4v) is 6.41. The number of nitrogens with zero attached hydrogens (tertiary/aromatic N) is 2. The summed E-state index contributed by atoms with van der Waals surface area (Å²) in [5.74, 6) is 2.68. The molecule has 2 fully saturated rings. The van der Waals surface area contributed by atoms with Crippen LogP contribution < -0.4 is 15.5 Å². The largest absolute Gasteiger partial charge is 0.449 e. The van der Waals surface area contributed by atoms with E-state index in [-0.39, 0.29) is 30.4 Å². The fraction of sp³-hybridized carbons (Fsp3) is 0.647. The van der Waals surface area contributed by atoms with Crippen LogP contribution in [-0.2, 0) is 25.5 Å². The zero-order valence-electron chi connectivity index (χ0n) is 26.1. The van der Waals surface area contributed by atoms with Crippen molar-refractivity contribution in [1.29, 1.82) is 0 Å². The van der Waals surface area contributed by atoms with Crippen LogP contribution in [0.5, 0.6) is 0 Å². The predicted octanol–water partition coefficient (Wildman–Crippen LogP) is 5.14. The summed E-state index contributed by atoms with van der Waals surface area (Å²) >= 11 is 0. The van der Waals surface area contributed by atoms with E-state index in [1.54, 1.807) is 12.1 Å². The van der Waals surface area contributed by atoms with Crippen molar-refractivity contribution in [3.63, 3.8) is 0 Å². The number of aryl methyl sites for hydroxylation is 1. The summed E-state index contributed by atoms with van der Waals surface area (Å²) in [5, 5.41) is 5.87. The van der Waals surface area contributed by atoms with Gasteiger partial charge in [0.1, 0.15) is 12.3 Å². The smallest absolute Gasteiger partial charge is 0.407 e. The average Bonchev–Trinajstić information content (AvgIpc) is 3.41. The SMILES string of the molecule is C=CC(=O)N1CCN(c2ccc(CCC(=O)NCCCCCCCCCNC(=O)OCC3C4CC/C=C\CCC43)o2)C(=O)C1. The van der Waals surface area contributed by atoms with E-state index in [0.717, 1.165) is 69.6 Å². The molecule has 2 heterocycles. The van der Waals surface area contributed by atoms with Gasteiger partial charge in [0.05, 0.1) is 6.61 Å². The van der Waals surface area contributed by atoms with Gasteiger partial charge >= 0.3 is 6.09 Å². The lowest BCUT2D eigenvalue weighted by Crippen LogP contribution is -2.52. The number of furan rings is 1. The number of ether oxygens (including phenoxy) is 1. The van der Waals surface area contributed by atoms with Gasteiger partial charge < -0.3 is 24.7 Å². The number of amides is 4. The van der Waals surface area contributed by atoms with Crippen molar-refractivity contribution in [2.45, 2.75) is 83.5 Å². The van der Waals surface area contributed by atoms with Crippen LogP contribution in [0.15, 0.2) is 41.4 Å². The molecule has 4 amide bonds. The molecule has 1 aliphatic heterocycles. The first-order valence-electron chi connectivity index (χ1n) is 16.6. The Morgan fingerprint density at radius 2 is 1.59 bits per heavy atom. The van der Waals surface area contributed by atoms with Crippen LogP contribution in [0.3, 0.4) is 0 Å². The summed E-state index contributed by atoms with van der Waals surface area (Å²) in [5.41, 5.74) is 0. The van der Waals surface area contributed by atoms with Gasteiger partial charge in [-0.1, -0.05) is 50.8 Å². The number of fused-ring (bicyclic) bond motifs is 1. The first-order chi connectivity index (χ1) is 21.5. The third-order valence-corrected chi connectivity index (χ3v) is 9.08. The summed E-state index contributed by atoms with van der Waals surface area (Å²) in [6.45, 7) is 6.14. The molecule has 0 bridgehead atoms. The van der Waals surface area contributed by atoms with Crippen LogP contribution in [0.25, 0.3) is 0 Å². The summed E-state index contributed by atoms with van der Waals surface area (Å²) in [6, 6.07) is 3.53. The molecule has 2 aliphatic carbocycles. The van der Waals surface area contributed by atoms with E-state index in [2.05, 4.69) is 29.4 Å². The molecule has 242 valence electrons. The first kappa shape index (κ1) is 33.3. The number of carbonyl (C=O) groups excluding carboxylic acids is 4. The number of piperazine rings is 1. The fourth-order valence-electron chi connectivity index (χ4n) is 6.41. The number of rotatable bonds is 17. The Labute approximate surface area is 261 Å². The van der Waals surface area contributed by atoms with Gasteiger partial charge in [-0.15, -0.1) is 0 Å². The highest BCUT2D eigenvalue weighted by atomic mass is 16.5. The minimum atomic E-state index is -0.275. The van der Waals surface area contributed by atoms with Crippen LogP contribution in [0, 0.1) is 17.8 Å². The molecular weight excluding hydrogens is 560 g/mol. The Kier molecular flexibility index (Phi) is 13.4. The molecule has 3 aliphatic rings. The second-order valence-electron chi connectivity index (χ2n) is 12.2. The van der Waals surface area contributed by atoms with Gasteiger partial charge in [0.25, 0.3) is 0 Å². The Hall–Kier alpha value is -3.56. The molecule has 0 aromatic carbocycles. The quantitative estimate of drug-likeness (QED) is 0.143. The summed E-state index contributed by atoms with van der Waals surface area (Å²) in [6.07, 6.45) is 18.6. The molecule has 1 aromatic rings. The molecule has 0 spiro atoms. The number of nitrogens with one attached hydrogen (secondary N) is 2. The normalized spacial score (nSPS) is 21.9. The van der Waals surface area contributed by atoms with Crippen molar-refractivity contribution in [1.82, 2.24) is 15.5 Å². The van der Waals surface area contributed by atoms with Crippen molar-refractivity contribution >= 4 is 29.7 Å². The minimum absolute atomic E-state index is 0.00167. The first-order valence-corrected chi connectivity index (χ1v) is 16.6. The van der Waals surface area contributed by atoms with E-state index in [9.17, 15) is 19.2 Å². The van der Waals surface area contributed by atoms with Crippen LogP contribution in [-0.4, -0.2) is 68.0 Å². The van der Waals surface area contributed by atoms with E-state index in [0.29, 0.717) is 63.2 Å². The van der Waals surface area contributed by atoms with Crippen molar-refractivity contribution in [2.24, 2.45) is 17.8 Å². The van der Waals surface area contributed by atoms with E-state index < -0.39 is 0 Å². The molecule has 10 nitrogen and oxygen atoms in total. The molecule has 10 heteroatoms. The second kappa shape index (κ2) is 17.7. The Balaban J connectivity index is 0.933. The van der Waals surface area contributed by atoms with Gasteiger partial charge in [0.2, 0.25) is 23.6 Å². The molecule has 2 unspecified atom stereocenters. The standard InChI is InChI=1S/C34H50N4O6/c1-2-31(40)37-22-23-38(32(41)24-37)33-19-17-26(44-33)16-18-30(39)35-20-12-8-4-3-5-9-13-21-36-34(42)43-25-29-27-14-10-6-7-11-15-28(27)29/h2,6-7,17,19,27-29H,1,3-5,8-16,18,20-25H2,(H,35,39)(H,36,42)/b7-6-. The number of anilines is 1. The number of hydrogen-bond acceptors (Lipinski definition) is 6. The lowest BCUT2D eigenvalue weighted by Gasteiger charge is -2.32. The second-order valence-corrected chi connectivity index (χ2v) is 12.2. The minimum Gasteiger partial charge on any atom is -0.449 e. The maximum atomic E-state index is 12.4. The van der Waals surface area contributed by atoms with Crippen molar-refractivity contribution in [3.05, 3.63) is 42.7 Å². The molecule has 44 heavy (non-hydrogen) atoms. The highest BCUT2D eigenvalue weighted by molar-refractivity contribution is 5.98. The molecule has 1 saturated carbocycles. The predicted molar refractivity (Wildman–Crippen MR) is 169 cm³/mol. The van der Waals surface area contributed by atoms with Crippen LogP contribution in [0.4, 0.5) is 10.7 Å². The van der Waals surface area contributed by atoms with Gasteiger partial charge in [0, 0.05) is 45.1 Å². The Bertz CT molecular complexity index is 1130. The van der Waals surface area contributed by atoms with Crippen molar-refractivity contribution in [3.8, 4) is 0 Å². The molecule has 0 radical (unpaired) electrons. The van der Waals surface area contributed by atoms with E-state index in [1.807, 2.05) is 0 Å². The maximum absolute atomic E-state index is 12.4. The monoisotopic (exact) mass is 610 g/mol.